The van der Waals surface area contributed by atoms with Gasteiger partial charge in [0.1, 0.15) is 11.1 Å². The van der Waals surface area contributed by atoms with E-state index in [9.17, 15) is 19.6 Å². The molecule has 1 aliphatic carbocycles. The number of hydrogen-bond donors (Lipinski definition) is 2. The predicted molar refractivity (Wildman–Crippen MR) is 107 cm³/mol. The van der Waals surface area contributed by atoms with Crippen LogP contribution in [-0.4, -0.2) is 28.7 Å². The van der Waals surface area contributed by atoms with E-state index in [0.717, 1.165) is 29.7 Å². The number of thiophene rings is 1. The molecule has 4 rings (SSSR count). The molecule has 1 aromatic carbocycles. The molecule has 8 nitrogen and oxygen atoms in total. The lowest BCUT2D eigenvalue weighted by molar-refractivity contribution is -0.146. The smallest absolute Gasteiger partial charge is 0.312 e. The molecule has 0 aliphatic heterocycles. The maximum absolute atomic E-state index is 12.2. The second kappa shape index (κ2) is 7.85. The summed E-state index contributed by atoms with van der Waals surface area (Å²) in [5.74, 6) is -1.15. The van der Waals surface area contributed by atoms with Crippen LogP contribution in [-0.2, 0) is 33.6 Å². The monoisotopic (exact) mass is 408 g/mol. The predicted octanol–water partition coefficient (Wildman–Crippen LogP) is 2.07. The van der Waals surface area contributed by atoms with E-state index in [-0.39, 0.29) is 12.0 Å². The third-order valence-corrected chi connectivity index (χ3v) is 5.94. The Labute approximate surface area is 169 Å². The lowest BCUT2D eigenvalue weighted by Crippen LogP contribution is -2.22. The zero-order valence-corrected chi connectivity index (χ0v) is 16.1. The van der Waals surface area contributed by atoms with E-state index in [2.05, 4.69) is 21.6 Å². The Hall–Kier alpha value is -3.51. The number of nitriles is 1. The number of anilines is 1. The van der Waals surface area contributed by atoms with Crippen LogP contribution in [0.2, 0.25) is 0 Å². The number of aromatic amines is 1. The molecule has 0 radical (unpaired) electrons. The van der Waals surface area contributed by atoms with E-state index < -0.39 is 18.5 Å². The van der Waals surface area contributed by atoms with Crippen LogP contribution < -0.4 is 10.9 Å². The van der Waals surface area contributed by atoms with Crippen LogP contribution in [0.4, 0.5) is 5.00 Å². The zero-order valence-electron chi connectivity index (χ0n) is 15.3. The van der Waals surface area contributed by atoms with Crippen molar-refractivity contribution in [2.45, 2.75) is 25.7 Å². The van der Waals surface area contributed by atoms with Gasteiger partial charge in [0.2, 0.25) is 0 Å². The normalized spacial score (nSPS) is 12.4. The molecule has 0 bridgehead atoms. The summed E-state index contributed by atoms with van der Waals surface area (Å²) in [7, 11) is 0. The number of amides is 1. The summed E-state index contributed by atoms with van der Waals surface area (Å²) in [5, 5.41) is 19.8. The molecule has 2 N–H and O–H groups in total. The Bertz CT molecular complexity index is 1220. The van der Waals surface area contributed by atoms with E-state index in [1.165, 1.54) is 11.3 Å². The average molecular weight is 408 g/mol. The molecule has 1 aliphatic rings. The average Bonchev–Trinajstić information content (AvgIpc) is 3.29. The number of H-pyrrole nitrogens is 1. The van der Waals surface area contributed by atoms with Crippen molar-refractivity contribution in [1.82, 2.24) is 10.2 Å². The maximum Gasteiger partial charge on any atom is 0.312 e. The number of fused-ring (bicyclic) bond motifs is 2. The Morgan fingerprint density at radius 3 is 2.86 bits per heavy atom. The van der Waals surface area contributed by atoms with Crippen molar-refractivity contribution in [3.05, 3.63) is 56.3 Å². The zero-order chi connectivity index (χ0) is 20.4. The van der Waals surface area contributed by atoms with E-state index in [0.29, 0.717) is 27.0 Å². The van der Waals surface area contributed by atoms with Crippen LogP contribution in [0.5, 0.6) is 0 Å². The van der Waals surface area contributed by atoms with Crippen LogP contribution >= 0.6 is 11.3 Å². The molecule has 3 aromatic rings. The summed E-state index contributed by atoms with van der Waals surface area (Å²) in [5.41, 5.74) is 1.55. The molecular weight excluding hydrogens is 392 g/mol. The number of benzene rings is 1. The first-order valence-electron chi connectivity index (χ1n) is 9.03. The summed E-state index contributed by atoms with van der Waals surface area (Å²) in [6.45, 7) is -0.465. The third-order valence-electron chi connectivity index (χ3n) is 4.74. The van der Waals surface area contributed by atoms with Crippen molar-refractivity contribution in [3.63, 3.8) is 0 Å². The lowest BCUT2D eigenvalue weighted by atomic mass is 10.1. The van der Waals surface area contributed by atoms with Crippen LogP contribution in [0.3, 0.4) is 0 Å². The van der Waals surface area contributed by atoms with E-state index in [1.807, 2.05) is 0 Å². The van der Waals surface area contributed by atoms with Crippen molar-refractivity contribution < 1.29 is 14.3 Å². The minimum absolute atomic E-state index is 0.179. The van der Waals surface area contributed by atoms with Crippen LogP contribution in [0.15, 0.2) is 29.1 Å². The van der Waals surface area contributed by atoms with Crippen LogP contribution in [0.25, 0.3) is 10.8 Å². The first kappa shape index (κ1) is 18.8. The Morgan fingerprint density at radius 1 is 1.28 bits per heavy atom. The fourth-order valence-electron chi connectivity index (χ4n) is 3.41. The topological polar surface area (TPSA) is 125 Å². The van der Waals surface area contributed by atoms with Gasteiger partial charge in [0.15, 0.2) is 6.61 Å². The second-order valence-electron chi connectivity index (χ2n) is 6.60. The second-order valence-corrected chi connectivity index (χ2v) is 7.71. The molecule has 0 saturated carbocycles. The number of esters is 1. The van der Waals surface area contributed by atoms with E-state index in [4.69, 9.17) is 4.74 Å². The molecule has 2 heterocycles. The number of ether oxygens (including phenoxy) is 1. The lowest BCUT2D eigenvalue weighted by Gasteiger charge is -2.07. The van der Waals surface area contributed by atoms with Gasteiger partial charge in [0.25, 0.3) is 11.5 Å². The summed E-state index contributed by atoms with van der Waals surface area (Å²) in [6.07, 6.45) is 2.61. The van der Waals surface area contributed by atoms with Gasteiger partial charge in [-0.1, -0.05) is 18.2 Å². The van der Waals surface area contributed by atoms with Crippen molar-refractivity contribution in [3.8, 4) is 6.07 Å². The number of carbonyl (C=O) groups excluding carboxylic acids is 2. The minimum atomic E-state index is -0.640. The first-order chi connectivity index (χ1) is 14.1. The fourth-order valence-corrected chi connectivity index (χ4v) is 4.67. The number of aryl methyl sites for hydroxylation is 1. The SMILES string of the molecule is N#Cc1c(NC(=O)COC(=O)Cc2n[nH]c(=O)c3ccccc23)sc2c1CCC2. The Morgan fingerprint density at radius 2 is 2.07 bits per heavy atom. The molecule has 0 spiro atoms. The summed E-state index contributed by atoms with van der Waals surface area (Å²) >= 11 is 1.40. The van der Waals surface area contributed by atoms with Gasteiger partial charge in [-0.25, -0.2) is 5.10 Å². The van der Waals surface area contributed by atoms with Crippen molar-refractivity contribution >= 4 is 39.0 Å². The van der Waals surface area contributed by atoms with Gasteiger partial charge in [-0.2, -0.15) is 10.4 Å². The van der Waals surface area contributed by atoms with Gasteiger partial charge < -0.3 is 10.1 Å². The van der Waals surface area contributed by atoms with Crippen molar-refractivity contribution in [2.75, 3.05) is 11.9 Å². The molecule has 146 valence electrons. The first-order valence-corrected chi connectivity index (χ1v) is 9.85. The summed E-state index contributed by atoms with van der Waals surface area (Å²) < 4.78 is 5.05. The largest absolute Gasteiger partial charge is 0.455 e. The third kappa shape index (κ3) is 3.75. The molecule has 29 heavy (non-hydrogen) atoms. The van der Waals surface area contributed by atoms with Gasteiger partial charge in [-0.05, 0) is 30.9 Å². The van der Waals surface area contributed by atoms with E-state index >= 15 is 0 Å². The molecule has 1 amide bonds. The van der Waals surface area contributed by atoms with Crippen molar-refractivity contribution in [2.24, 2.45) is 0 Å². The maximum atomic E-state index is 12.2. The van der Waals surface area contributed by atoms with Crippen LogP contribution in [0, 0.1) is 11.3 Å². The number of nitrogens with one attached hydrogen (secondary N) is 2. The Balaban J connectivity index is 1.38. The molecule has 0 atom stereocenters. The van der Waals surface area contributed by atoms with Gasteiger partial charge in [0.05, 0.1) is 23.1 Å². The number of hydrogen-bond acceptors (Lipinski definition) is 7. The van der Waals surface area contributed by atoms with Crippen LogP contribution in [0.1, 0.15) is 28.1 Å². The standard InChI is InChI=1S/C20H16N4O4S/c21-9-14-12-6-3-7-16(12)29-20(14)22-17(25)10-28-18(26)8-15-11-4-1-2-5-13(11)19(27)24-23-15/h1-2,4-5H,3,6-8,10H2,(H,22,25)(H,24,27). The quantitative estimate of drug-likeness (QED) is 0.623. The fraction of sp³-hybridized carbons (Fsp3) is 0.250. The van der Waals surface area contributed by atoms with E-state index in [1.54, 1.807) is 24.3 Å². The highest BCUT2D eigenvalue weighted by Gasteiger charge is 2.23. The molecule has 0 saturated heterocycles. The number of aromatic nitrogens is 2. The highest BCUT2D eigenvalue weighted by atomic mass is 32.1. The minimum Gasteiger partial charge on any atom is -0.455 e. The highest BCUT2D eigenvalue weighted by Crippen LogP contribution is 2.38. The molecule has 2 aromatic heterocycles. The molecule has 0 unspecified atom stereocenters. The molecule has 0 fully saturated rings. The highest BCUT2D eigenvalue weighted by molar-refractivity contribution is 7.16. The molecule has 9 heteroatoms. The van der Waals surface area contributed by atoms with Crippen molar-refractivity contribution in [1.29, 1.82) is 5.26 Å². The van der Waals surface area contributed by atoms with Gasteiger partial charge in [-0.15, -0.1) is 11.3 Å². The van der Waals surface area contributed by atoms with Gasteiger partial charge >= 0.3 is 5.97 Å². The summed E-state index contributed by atoms with van der Waals surface area (Å²) in [6, 6.07) is 8.96. The Kier molecular flexibility index (Phi) is 5.10. The molecular formula is C20H16N4O4S. The summed E-state index contributed by atoms with van der Waals surface area (Å²) in [4.78, 5) is 37.2. The number of carbonyl (C=O) groups is 2. The van der Waals surface area contributed by atoms with Gasteiger partial charge in [-0.3, -0.25) is 14.4 Å². The number of rotatable bonds is 5. The number of nitrogens with zero attached hydrogens (tertiary/aromatic N) is 2. The van der Waals surface area contributed by atoms with Gasteiger partial charge in [0, 0.05) is 10.3 Å².